The van der Waals surface area contributed by atoms with Crippen LogP contribution >= 0.6 is 11.6 Å². The fraction of sp³-hybridized carbons (Fsp3) is 0.333. The number of halogens is 1. The van der Waals surface area contributed by atoms with Gasteiger partial charge in [0.1, 0.15) is 5.75 Å². The van der Waals surface area contributed by atoms with E-state index >= 15 is 0 Å². The van der Waals surface area contributed by atoms with E-state index in [4.69, 9.17) is 16.3 Å². The molecule has 28 heavy (non-hydrogen) atoms. The first-order chi connectivity index (χ1) is 13.1. The molecule has 0 aliphatic carbocycles. The van der Waals surface area contributed by atoms with Gasteiger partial charge >= 0.3 is 0 Å². The van der Waals surface area contributed by atoms with Crippen LogP contribution in [-0.4, -0.2) is 41.3 Å². The minimum absolute atomic E-state index is 0.0128. The summed E-state index contributed by atoms with van der Waals surface area (Å²) in [6, 6.07) is 10.5. The van der Waals surface area contributed by atoms with Crippen LogP contribution in [0.15, 0.2) is 47.4 Å². The normalized spacial score (nSPS) is 12.2. The van der Waals surface area contributed by atoms with E-state index in [-0.39, 0.29) is 22.1 Å². The number of ether oxygens (including phenoxy) is 1. The minimum Gasteiger partial charge on any atom is -0.495 e. The van der Waals surface area contributed by atoms with Crippen molar-refractivity contribution >= 4 is 37.3 Å². The van der Waals surface area contributed by atoms with Gasteiger partial charge in [0.15, 0.2) is 0 Å². The molecule has 0 unspecified atom stereocenters. The molecule has 10 heteroatoms. The van der Waals surface area contributed by atoms with Gasteiger partial charge in [0, 0.05) is 18.1 Å². The highest BCUT2D eigenvalue weighted by Gasteiger charge is 2.24. The molecule has 2 aromatic rings. The molecule has 1 N–H and O–H groups in total. The highest BCUT2D eigenvalue weighted by molar-refractivity contribution is 7.92. The topological polar surface area (TPSA) is 92.8 Å². The molecule has 0 fully saturated rings. The SMILES string of the molecule is CCN(CC)S(=O)(=O)c1ccc(OC)c(NS(=O)(=O)Cc2ccc(Cl)cc2)c1. The van der Waals surface area contributed by atoms with E-state index in [2.05, 4.69) is 4.72 Å². The van der Waals surface area contributed by atoms with Crippen LogP contribution in [0, 0.1) is 0 Å². The van der Waals surface area contributed by atoms with Crippen molar-refractivity contribution in [2.75, 3.05) is 24.9 Å². The van der Waals surface area contributed by atoms with E-state index < -0.39 is 20.0 Å². The van der Waals surface area contributed by atoms with Gasteiger partial charge in [0.25, 0.3) is 0 Å². The third-order valence-corrected chi connectivity index (χ3v) is 7.59. The van der Waals surface area contributed by atoms with Crippen LogP contribution in [-0.2, 0) is 25.8 Å². The molecular formula is C18H23ClN2O5S2. The number of methoxy groups -OCH3 is 1. The summed E-state index contributed by atoms with van der Waals surface area (Å²) in [5.41, 5.74) is 0.604. The largest absolute Gasteiger partial charge is 0.495 e. The summed E-state index contributed by atoms with van der Waals surface area (Å²) < 4.78 is 59.5. The number of hydrogen-bond donors (Lipinski definition) is 1. The van der Waals surface area contributed by atoms with Crippen LogP contribution in [0.1, 0.15) is 19.4 Å². The van der Waals surface area contributed by atoms with Crippen LogP contribution in [0.25, 0.3) is 0 Å². The molecule has 0 aliphatic rings. The van der Waals surface area contributed by atoms with E-state index in [9.17, 15) is 16.8 Å². The van der Waals surface area contributed by atoms with Crippen LogP contribution < -0.4 is 9.46 Å². The molecule has 0 radical (unpaired) electrons. The average molecular weight is 447 g/mol. The summed E-state index contributed by atoms with van der Waals surface area (Å²) in [5.74, 6) is -0.0708. The highest BCUT2D eigenvalue weighted by Crippen LogP contribution is 2.30. The Bertz CT molecular complexity index is 1020. The van der Waals surface area contributed by atoms with Crippen LogP contribution in [0.2, 0.25) is 5.02 Å². The molecule has 0 atom stereocenters. The molecule has 7 nitrogen and oxygen atoms in total. The lowest BCUT2D eigenvalue weighted by molar-refractivity contribution is 0.416. The van der Waals surface area contributed by atoms with E-state index in [1.807, 2.05) is 0 Å². The Morgan fingerprint density at radius 3 is 2.14 bits per heavy atom. The van der Waals surface area contributed by atoms with Crippen LogP contribution in [0.4, 0.5) is 5.69 Å². The zero-order valence-corrected chi connectivity index (χ0v) is 18.2. The first-order valence-electron chi connectivity index (χ1n) is 8.56. The van der Waals surface area contributed by atoms with Gasteiger partial charge in [-0.05, 0) is 35.9 Å². The Hall–Kier alpha value is -1.81. The lowest BCUT2D eigenvalue weighted by Crippen LogP contribution is -2.30. The van der Waals surface area contributed by atoms with Gasteiger partial charge in [-0.15, -0.1) is 0 Å². The molecule has 0 aromatic heterocycles. The first kappa shape index (κ1) is 22.5. The molecule has 2 aromatic carbocycles. The summed E-state index contributed by atoms with van der Waals surface area (Å²) in [5, 5.41) is 0.505. The summed E-state index contributed by atoms with van der Waals surface area (Å²) in [6.45, 7) is 4.09. The zero-order valence-electron chi connectivity index (χ0n) is 15.8. The first-order valence-corrected chi connectivity index (χ1v) is 12.0. The van der Waals surface area contributed by atoms with Crippen molar-refractivity contribution in [3.05, 3.63) is 53.1 Å². The second kappa shape index (κ2) is 9.13. The monoisotopic (exact) mass is 446 g/mol. The van der Waals surface area contributed by atoms with Gasteiger partial charge in [-0.1, -0.05) is 37.6 Å². The van der Waals surface area contributed by atoms with E-state index in [0.29, 0.717) is 23.7 Å². The number of sulfonamides is 2. The number of anilines is 1. The van der Waals surface area contributed by atoms with Crippen LogP contribution in [0.5, 0.6) is 5.75 Å². The zero-order chi connectivity index (χ0) is 20.9. The summed E-state index contributed by atoms with van der Waals surface area (Å²) in [6.07, 6.45) is 0. The Morgan fingerprint density at radius 2 is 1.61 bits per heavy atom. The van der Waals surface area contributed by atoms with E-state index in [1.165, 1.54) is 29.6 Å². The van der Waals surface area contributed by atoms with Gasteiger partial charge in [-0.25, -0.2) is 16.8 Å². The maximum absolute atomic E-state index is 12.7. The number of nitrogens with zero attached hydrogens (tertiary/aromatic N) is 1. The smallest absolute Gasteiger partial charge is 0.243 e. The van der Waals surface area contributed by atoms with Gasteiger partial charge in [0.05, 0.1) is 23.4 Å². The van der Waals surface area contributed by atoms with Gasteiger partial charge < -0.3 is 4.74 Å². The van der Waals surface area contributed by atoms with Gasteiger partial charge in [0.2, 0.25) is 20.0 Å². The average Bonchev–Trinajstić information content (AvgIpc) is 2.63. The maximum atomic E-state index is 12.7. The third-order valence-electron chi connectivity index (χ3n) is 4.05. The molecule has 0 aliphatic heterocycles. The molecular weight excluding hydrogens is 424 g/mol. The summed E-state index contributed by atoms with van der Waals surface area (Å²) in [4.78, 5) is -0.0128. The quantitative estimate of drug-likeness (QED) is 0.637. The van der Waals surface area contributed by atoms with Crippen molar-refractivity contribution in [2.24, 2.45) is 0 Å². The lowest BCUT2D eigenvalue weighted by Gasteiger charge is -2.20. The van der Waals surface area contributed by atoms with Crippen molar-refractivity contribution in [3.63, 3.8) is 0 Å². The van der Waals surface area contributed by atoms with Gasteiger partial charge in [-0.2, -0.15) is 4.31 Å². The lowest BCUT2D eigenvalue weighted by atomic mass is 10.2. The summed E-state index contributed by atoms with van der Waals surface area (Å²) >= 11 is 5.82. The fourth-order valence-electron chi connectivity index (χ4n) is 2.64. The molecule has 0 amide bonds. The number of rotatable bonds is 9. The van der Waals surface area contributed by atoms with Gasteiger partial charge in [-0.3, -0.25) is 4.72 Å². The van der Waals surface area contributed by atoms with Crippen molar-refractivity contribution < 1.29 is 21.6 Å². The second-order valence-electron chi connectivity index (χ2n) is 5.94. The number of benzene rings is 2. The molecule has 0 saturated carbocycles. The van der Waals surface area contributed by atoms with Crippen molar-refractivity contribution in [2.45, 2.75) is 24.5 Å². The van der Waals surface area contributed by atoms with Crippen molar-refractivity contribution in [3.8, 4) is 5.75 Å². The molecule has 0 spiro atoms. The predicted molar refractivity (Wildman–Crippen MR) is 111 cm³/mol. The Morgan fingerprint density at radius 1 is 1.00 bits per heavy atom. The van der Waals surface area contributed by atoms with Crippen molar-refractivity contribution in [1.82, 2.24) is 4.31 Å². The number of hydrogen-bond acceptors (Lipinski definition) is 5. The van der Waals surface area contributed by atoms with E-state index in [1.54, 1.807) is 38.1 Å². The predicted octanol–water partition coefficient (Wildman–Crippen LogP) is 3.32. The highest BCUT2D eigenvalue weighted by atomic mass is 35.5. The standard InChI is InChI=1S/C18H23ClN2O5S2/c1-4-21(5-2)28(24,25)16-10-11-18(26-3)17(12-16)20-27(22,23)13-14-6-8-15(19)9-7-14/h6-12,20H,4-5,13H2,1-3H3. The van der Waals surface area contributed by atoms with Crippen molar-refractivity contribution in [1.29, 1.82) is 0 Å². The fourth-order valence-corrected chi connectivity index (χ4v) is 5.45. The molecule has 0 heterocycles. The Labute approximate surface area is 171 Å². The molecule has 0 bridgehead atoms. The molecule has 2 rings (SSSR count). The van der Waals surface area contributed by atoms with E-state index in [0.717, 1.165) is 0 Å². The molecule has 154 valence electrons. The Balaban J connectivity index is 2.37. The molecule has 0 saturated heterocycles. The number of nitrogens with one attached hydrogen (secondary N) is 1. The minimum atomic E-state index is -3.81. The van der Waals surface area contributed by atoms with Crippen LogP contribution in [0.3, 0.4) is 0 Å². The Kier molecular flexibility index (Phi) is 7.33. The maximum Gasteiger partial charge on any atom is 0.243 e. The third kappa shape index (κ3) is 5.38. The summed E-state index contributed by atoms with van der Waals surface area (Å²) in [7, 11) is -6.17. The second-order valence-corrected chi connectivity index (χ2v) is 10.0.